The molecule has 0 fully saturated rings. The molecule has 0 aliphatic carbocycles. The summed E-state index contributed by atoms with van der Waals surface area (Å²) in [4.78, 5) is 28.1. The minimum atomic E-state index is -0.534. The number of nitrogens with one attached hydrogen (secondary N) is 2. The number of fused-ring (bicyclic) bond motifs is 1. The zero-order valence-corrected chi connectivity index (χ0v) is 16.9. The molecule has 7 nitrogen and oxygen atoms in total. The number of nitrogens with zero attached hydrogens (tertiary/aromatic N) is 2. The van der Waals surface area contributed by atoms with Crippen molar-refractivity contribution in [3.63, 3.8) is 0 Å². The summed E-state index contributed by atoms with van der Waals surface area (Å²) in [5, 5.41) is 18.0. The highest BCUT2D eigenvalue weighted by Gasteiger charge is 2.31. The number of para-hydroxylation sites is 1. The first-order chi connectivity index (χ1) is 15.6. The number of benzene rings is 3. The minimum Gasteiger partial charge on any atom is -0.327 e. The number of carbonyl (C=O) groups excluding carboxylic acids is 1. The number of pyridine rings is 1. The average Bonchev–Trinajstić information content (AvgIpc) is 2.84. The van der Waals surface area contributed by atoms with Gasteiger partial charge in [-0.1, -0.05) is 54.6 Å². The first kappa shape index (κ1) is 19.4. The van der Waals surface area contributed by atoms with Crippen molar-refractivity contribution in [2.45, 2.75) is 6.04 Å². The van der Waals surface area contributed by atoms with E-state index >= 15 is 0 Å². The van der Waals surface area contributed by atoms with Crippen LogP contribution in [0.5, 0.6) is 0 Å². The van der Waals surface area contributed by atoms with Crippen molar-refractivity contribution >= 4 is 33.9 Å². The second kappa shape index (κ2) is 7.96. The molecule has 2 heterocycles. The fourth-order valence-electron chi connectivity index (χ4n) is 3.93. The first-order valence-corrected chi connectivity index (χ1v) is 10.1. The van der Waals surface area contributed by atoms with Crippen LogP contribution in [0.2, 0.25) is 0 Å². The Labute approximate surface area is 183 Å². The number of non-ortho nitro benzene ring substituents is 1. The van der Waals surface area contributed by atoms with Gasteiger partial charge in [0.1, 0.15) is 0 Å². The standard InChI is InChI=1S/C25H18N4O3/c30-25-27-23(17-7-2-1-3-8-17)22(21-15-12-16-6-4-5-9-20(16)26-21)24(28-25)18-10-13-19(14-11-18)29(31)32/h1-15,24H,(H2,27,28,30). The van der Waals surface area contributed by atoms with Crippen LogP contribution in [-0.2, 0) is 0 Å². The van der Waals surface area contributed by atoms with Gasteiger partial charge < -0.3 is 10.6 Å². The summed E-state index contributed by atoms with van der Waals surface area (Å²) in [5.74, 6) is 0. The van der Waals surface area contributed by atoms with Gasteiger partial charge in [-0.05, 0) is 35.4 Å². The van der Waals surface area contributed by atoms with Gasteiger partial charge in [0, 0.05) is 23.1 Å². The Balaban J connectivity index is 1.73. The fraction of sp³-hybridized carbons (Fsp3) is 0.0400. The second-order valence-electron chi connectivity index (χ2n) is 7.42. The maximum Gasteiger partial charge on any atom is 0.320 e. The second-order valence-corrected chi connectivity index (χ2v) is 7.42. The predicted molar refractivity (Wildman–Crippen MR) is 123 cm³/mol. The van der Waals surface area contributed by atoms with E-state index < -0.39 is 11.0 Å². The number of amides is 2. The molecule has 156 valence electrons. The Kier molecular flexibility index (Phi) is 4.84. The molecule has 32 heavy (non-hydrogen) atoms. The van der Waals surface area contributed by atoms with Crippen LogP contribution in [0, 0.1) is 10.1 Å². The summed E-state index contributed by atoms with van der Waals surface area (Å²) >= 11 is 0. The largest absolute Gasteiger partial charge is 0.327 e. The van der Waals surface area contributed by atoms with Crippen LogP contribution >= 0.6 is 0 Å². The van der Waals surface area contributed by atoms with E-state index in [-0.39, 0.29) is 11.7 Å². The third-order valence-corrected chi connectivity index (χ3v) is 5.45. The molecular weight excluding hydrogens is 404 g/mol. The highest BCUT2D eigenvalue weighted by molar-refractivity contribution is 6.03. The number of rotatable bonds is 4. The Morgan fingerprint density at radius 1 is 0.844 bits per heavy atom. The molecule has 1 atom stereocenters. The third kappa shape index (κ3) is 3.56. The molecule has 4 aromatic rings. The SMILES string of the molecule is O=C1NC(c2ccccc2)=C(c2ccc3ccccc3n2)C(c2ccc([N+](=O)[O-])cc2)N1. The molecule has 2 amide bonds. The molecule has 0 saturated heterocycles. The van der Waals surface area contributed by atoms with Gasteiger partial charge in [-0.2, -0.15) is 0 Å². The molecule has 0 spiro atoms. The van der Waals surface area contributed by atoms with E-state index in [1.165, 1.54) is 12.1 Å². The van der Waals surface area contributed by atoms with Gasteiger partial charge in [0.25, 0.3) is 5.69 Å². The molecule has 1 aromatic heterocycles. The Morgan fingerprint density at radius 2 is 1.56 bits per heavy atom. The van der Waals surface area contributed by atoms with E-state index in [2.05, 4.69) is 10.6 Å². The van der Waals surface area contributed by atoms with E-state index in [0.29, 0.717) is 11.4 Å². The van der Waals surface area contributed by atoms with E-state index in [4.69, 9.17) is 4.98 Å². The number of carbonyl (C=O) groups is 1. The average molecular weight is 422 g/mol. The quantitative estimate of drug-likeness (QED) is 0.355. The Hall–Kier alpha value is -4.52. The molecular formula is C25H18N4O3. The zero-order chi connectivity index (χ0) is 22.1. The molecule has 3 aromatic carbocycles. The van der Waals surface area contributed by atoms with Crippen LogP contribution in [0.15, 0.2) is 91.0 Å². The molecule has 1 aliphatic heterocycles. The molecule has 1 aliphatic rings. The van der Waals surface area contributed by atoms with Crippen LogP contribution < -0.4 is 10.6 Å². The van der Waals surface area contributed by atoms with E-state index in [9.17, 15) is 14.9 Å². The molecule has 0 saturated carbocycles. The lowest BCUT2D eigenvalue weighted by molar-refractivity contribution is -0.384. The lowest BCUT2D eigenvalue weighted by atomic mass is 9.90. The molecule has 1 unspecified atom stereocenters. The topological polar surface area (TPSA) is 97.2 Å². The van der Waals surface area contributed by atoms with Gasteiger partial charge in [0.2, 0.25) is 0 Å². The van der Waals surface area contributed by atoms with Crippen molar-refractivity contribution in [2.24, 2.45) is 0 Å². The normalized spacial score (nSPS) is 15.9. The monoisotopic (exact) mass is 422 g/mol. The van der Waals surface area contributed by atoms with Crippen LogP contribution in [-0.4, -0.2) is 15.9 Å². The van der Waals surface area contributed by atoms with Crippen molar-refractivity contribution in [2.75, 3.05) is 0 Å². The van der Waals surface area contributed by atoms with Gasteiger partial charge in [-0.3, -0.25) is 10.1 Å². The first-order valence-electron chi connectivity index (χ1n) is 10.1. The fourth-order valence-corrected chi connectivity index (χ4v) is 3.93. The van der Waals surface area contributed by atoms with Crippen molar-refractivity contribution in [1.82, 2.24) is 15.6 Å². The highest BCUT2D eigenvalue weighted by atomic mass is 16.6. The number of nitro groups is 1. The summed E-state index contributed by atoms with van der Waals surface area (Å²) in [6.45, 7) is 0. The summed E-state index contributed by atoms with van der Waals surface area (Å²) in [7, 11) is 0. The van der Waals surface area contributed by atoms with Crippen LogP contribution in [0.4, 0.5) is 10.5 Å². The molecule has 0 bridgehead atoms. The lowest BCUT2D eigenvalue weighted by Crippen LogP contribution is -2.43. The minimum absolute atomic E-state index is 0.00773. The van der Waals surface area contributed by atoms with Gasteiger partial charge in [-0.15, -0.1) is 0 Å². The van der Waals surface area contributed by atoms with Crippen LogP contribution in [0.1, 0.15) is 22.9 Å². The summed E-state index contributed by atoms with van der Waals surface area (Å²) in [5.41, 5.74) is 4.55. The number of nitro benzene ring substituents is 1. The number of hydrogen-bond donors (Lipinski definition) is 2. The molecule has 7 heteroatoms. The van der Waals surface area contributed by atoms with Crippen molar-refractivity contribution in [3.8, 4) is 0 Å². The van der Waals surface area contributed by atoms with Crippen molar-refractivity contribution < 1.29 is 9.72 Å². The third-order valence-electron chi connectivity index (χ3n) is 5.45. The van der Waals surface area contributed by atoms with E-state index in [0.717, 1.165) is 27.6 Å². The summed E-state index contributed by atoms with van der Waals surface area (Å²) in [6, 6.07) is 26.7. The Morgan fingerprint density at radius 3 is 2.31 bits per heavy atom. The Bertz CT molecular complexity index is 1370. The van der Waals surface area contributed by atoms with Crippen molar-refractivity contribution in [3.05, 3.63) is 118 Å². The maximum atomic E-state index is 12.6. The molecule has 5 rings (SSSR count). The molecule has 0 radical (unpaired) electrons. The predicted octanol–water partition coefficient (Wildman–Crippen LogP) is 5.07. The lowest BCUT2D eigenvalue weighted by Gasteiger charge is -2.30. The number of hydrogen-bond acceptors (Lipinski definition) is 4. The number of urea groups is 1. The van der Waals surface area contributed by atoms with E-state index in [1.807, 2.05) is 66.7 Å². The smallest absolute Gasteiger partial charge is 0.320 e. The maximum absolute atomic E-state index is 12.6. The van der Waals surface area contributed by atoms with Crippen LogP contribution in [0.25, 0.3) is 22.2 Å². The van der Waals surface area contributed by atoms with E-state index in [1.54, 1.807) is 12.1 Å². The van der Waals surface area contributed by atoms with Gasteiger partial charge >= 0.3 is 6.03 Å². The van der Waals surface area contributed by atoms with Gasteiger partial charge in [0.15, 0.2) is 0 Å². The summed E-state index contributed by atoms with van der Waals surface area (Å²) < 4.78 is 0. The van der Waals surface area contributed by atoms with Crippen LogP contribution in [0.3, 0.4) is 0 Å². The summed E-state index contributed by atoms with van der Waals surface area (Å²) in [6.07, 6.45) is 0. The van der Waals surface area contributed by atoms with Crippen molar-refractivity contribution in [1.29, 1.82) is 0 Å². The molecule has 2 N–H and O–H groups in total. The van der Waals surface area contributed by atoms with Gasteiger partial charge in [0.05, 0.1) is 27.9 Å². The van der Waals surface area contributed by atoms with Gasteiger partial charge in [-0.25, -0.2) is 9.78 Å². The number of aromatic nitrogens is 1. The highest BCUT2D eigenvalue weighted by Crippen LogP contribution is 2.38. The zero-order valence-electron chi connectivity index (χ0n) is 16.9.